The number of aliphatic hydroxyl groups is 1. The summed E-state index contributed by atoms with van der Waals surface area (Å²) in [7, 11) is 0. The summed E-state index contributed by atoms with van der Waals surface area (Å²) >= 11 is 1.95. The molecule has 0 aromatic rings. The molecule has 0 amide bonds. The Kier molecular flexibility index (Phi) is 12.6. The minimum Gasteiger partial charge on any atom is -0.396 e. The van der Waals surface area contributed by atoms with Gasteiger partial charge in [-0.1, -0.05) is 38.5 Å². The summed E-state index contributed by atoms with van der Waals surface area (Å²) in [5, 5.41) is 8.56. The van der Waals surface area contributed by atoms with Gasteiger partial charge in [-0.25, -0.2) is 0 Å². The van der Waals surface area contributed by atoms with Crippen LogP contribution in [0.5, 0.6) is 0 Å². The lowest BCUT2D eigenvalue weighted by Crippen LogP contribution is -1.84. The number of rotatable bonds is 10. The number of hydrogen-bond donors (Lipinski definition) is 1. The summed E-state index contributed by atoms with van der Waals surface area (Å²) in [5.74, 6) is 1.32. The van der Waals surface area contributed by atoms with Gasteiger partial charge < -0.3 is 5.11 Å². The lowest BCUT2D eigenvalue weighted by Gasteiger charge is -2.00. The monoisotopic (exact) mass is 204 g/mol. The van der Waals surface area contributed by atoms with Gasteiger partial charge in [-0.2, -0.15) is 11.8 Å². The zero-order valence-electron chi connectivity index (χ0n) is 8.93. The molecular formula is C11H24OS. The molecule has 0 aliphatic carbocycles. The van der Waals surface area contributed by atoms with Crippen molar-refractivity contribution < 1.29 is 5.11 Å². The molecule has 0 heterocycles. The molecule has 1 N–H and O–H groups in total. The van der Waals surface area contributed by atoms with E-state index in [9.17, 15) is 0 Å². The van der Waals surface area contributed by atoms with Crippen molar-refractivity contribution in [3.8, 4) is 0 Å². The first-order valence-corrected chi connectivity index (χ1v) is 6.91. The topological polar surface area (TPSA) is 20.2 Å². The average Bonchev–Trinajstić information content (AvgIpc) is 2.16. The first-order chi connectivity index (χ1) is 6.41. The van der Waals surface area contributed by atoms with Crippen molar-refractivity contribution in [3.05, 3.63) is 0 Å². The van der Waals surface area contributed by atoms with Crippen molar-refractivity contribution in [1.82, 2.24) is 0 Å². The quantitative estimate of drug-likeness (QED) is 0.550. The van der Waals surface area contributed by atoms with E-state index in [1.54, 1.807) is 0 Å². The minimum absolute atomic E-state index is 0.369. The lowest BCUT2D eigenvalue weighted by atomic mass is 10.1. The Balaban J connectivity index is 2.76. The van der Waals surface area contributed by atoms with Crippen LogP contribution in [0.1, 0.15) is 51.4 Å². The Bertz CT molecular complexity index is 76.2. The fraction of sp³-hybridized carbons (Fsp3) is 1.00. The molecule has 0 atom stereocenters. The molecule has 0 aromatic carbocycles. The Morgan fingerprint density at radius 3 is 1.69 bits per heavy atom. The van der Waals surface area contributed by atoms with E-state index in [1.165, 1.54) is 50.7 Å². The normalized spacial score (nSPS) is 10.6. The Labute approximate surface area is 87.3 Å². The highest BCUT2D eigenvalue weighted by molar-refractivity contribution is 7.98. The van der Waals surface area contributed by atoms with Crippen LogP contribution >= 0.6 is 11.8 Å². The second-order valence-electron chi connectivity index (χ2n) is 3.54. The van der Waals surface area contributed by atoms with Crippen LogP contribution in [0.4, 0.5) is 0 Å². The van der Waals surface area contributed by atoms with Crippen molar-refractivity contribution in [2.45, 2.75) is 51.4 Å². The average molecular weight is 204 g/mol. The SMILES string of the molecule is CSCCCCCCCCCCO. The summed E-state index contributed by atoms with van der Waals surface area (Å²) < 4.78 is 0. The molecule has 0 spiro atoms. The molecule has 13 heavy (non-hydrogen) atoms. The third kappa shape index (κ3) is 12.3. The first kappa shape index (κ1) is 13.3. The molecule has 2 heteroatoms. The van der Waals surface area contributed by atoms with Crippen LogP contribution in [-0.4, -0.2) is 23.7 Å². The summed E-state index contributed by atoms with van der Waals surface area (Å²) in [6, 6.07) is 0. The number of unbranched alkanes of at least 4 members (excludes halogenated alkanes) is 7. The van der Waals surface area contributed by atoms with E-state index in [2.05, 4.69) is 6.26 Å². The van der Waals surface area contributed by atoms with E-state index >= 15 is 0 Å². The highest BCUT2D eigenvalue weighted by Gasteiger charge is 1.91. The fourth-order valence-corrected chi connectivity index (χ4v) is 1.91. The molecule has 0 bridgehead atoms. The van der Waals surface area contributed by atoms with Gasteiger partial charge in [0.25, 0.3) is 0 Å². The molecule has 0 saturated heterocycles. The Morgan fingerprint density at radius 2 is 1.23 bits per heavy atom. The van der Waals surface area contributed by atoms with Gasteiger partial charge in [0, 0.05) is 6.61 Å². The molecule has 0 fully saturated rings. The summed E-state index contributed by atoms with van der Waals surface area (Å²) in [5.41, 5.74) is 0. The third-order valence-electron chi connectivity index (χ3n) is 2.26. The summed E-state index contributed by atoms with van der Waals surface area (Å²) in [6.07, 6.45) is 12.6. The second kappa shape index (κ2) is 12.3. The molecule has 80 valence electrons. The molecule has 0 rings (SSSR count). The van der Waals surface area contributed by atoms with Crippen LogP contribution in [-0.2, 0) is 0 Å². The van der Waals surface area contributed by atoms with Gasteiger partial charge in [0.2, 0.25) is 0 Å². The molecule has 0 aliphatic rings. The zero-order chi connectivity index (χ0) is 9.78. The van der Waals surface area contributed by atoms with Crippen molar-refractivity contribution in [2.24, 2.45) is 0 Å². The lowest BCUT2D eigenvalue weighted by molar-refractivity contribution is 0.282. The van der Waals surface area contributed by atoms with Crippen LogP contribution in [0.3, 0.4) is 0 Å². The van der Waals surface area contributed by atoms with Crippen molar-refractivity contribution >= 4 is 11.8 Å². The molecule has 0 unspecified atom stereocenters. The van der Waals surface area contributed by atoms with E-state index in [4.69, 9.17) is 5.11 Å². The Morgan fingerprint density at radius 1 is 0.769 bits per heavy atom. The maximum Gasteiger partial charge on any atom is 0.0431 e. The van der Waals surface area contributed by atoms with E-state index in [0.717, 1.165) is 6.42 Å². The number of hydrogen-bond acceptors (Lipinski definition) is 2. The Hall–Kier alpha value is 0.310. The smallest absolute Gasteiger partial charge is 0.0431 e. The van der Waals surface area contributed by atoms with E-state index in [1.807, 2.05) is 11.8 Å². The maximum absolute atomic E-state index is 8.56. The van der Waals surface area contributed by atoms with Crippen LogP contribution < -0.4 is 0 Å². The predicted octanol–water partition coefficient (Wildman–Crippen LogP) is 3.46. The van der Waals surface area contributed by atoms with Gasteiger partial charge in [0.05, 0.1) is 0 Å². The van der Waals surface area contributed by atoms with Gasteiger partial charge in [0.15, 0.2) is 0 Å². The van der Waals surface area contributed by atoms with Crippen molar-refractivity contribution in [2.75, 3.05) is 18.6 Å². The van der Waals surface area contributed by atoms with E-state index in [-0.39, 0.29) is 0 Å². The predicted molar refractivity (Wildman–Crippen MR) is 62.4 cm³/mol. The van der Waals surface area contributed by atoms with Gasteiger partial charge in [-0.3, -0.25) is 0 Å². The van der Waals surface area contributed by atoms with Crippen LogP contribution in [0.2, 0.25) is 0 Å². The van der Waals surface area contributed by atoms with E-state index < -0.39 is 0 Å². The van der Waals surface area contributed by atoms with E-state index in [0.29, 0.717) is 6.61 Å². The minimum atomic E-state index is 0.369. The van der Waals surface area contributed by atoms with Crippen LogP contribution in [0, 0.1) is 0 Å². The van der Waals surface area contributed by atoms with Crippen LogP contribution in [0.15, 0.2) is 0 Å². The highest BCUT2D eigenvalue weighted by atomic mass is 32.2. The van der Waals surface area contributed by atoms with Crippen molar-refractivity contribution in [1.29, 1.82) is 0 Å². The number of thioether (sulfide) groups is 1. The summed E-state index contributed by atoms with van der Waals surface area (Å²) in [6.45, 7) is 0.369. The molecule has 0 saturated carbocycles. The standard InChI is InChI=1S/C11H24OS/c1-13-11-9-7-5-3-2-4-6-8-10-12/h12H,2-11H2,1H3. The first-order valence-electron chi connectivity index (χ1n) is 5.51. The largest absolute Gasteiger partial charge is 0.396 e. The highest BCUT2D eigenvalue weighted by Crippen LogP contribution is 2.09. The second-order valence-corrected chi connectivity index (χ2v) is 4.53. The van der Waals surface area contributed by atoms with Gasteiger partial charge in [0.1, 0.15) is 0 Å². The van der Waals surface area contributed by atoms with Gasteiger partial charge in [-0.05, 0) is 24.9 Å². The zero-order valence-corrected chi connectivity index (χ0v) is 9.74. The van der Waals surface area contributed by atoms with Gasteiger partial charge in [-0.15, -0.1) is 0 Å². The number of aliphatic hydroxyl groups excluding tert-OH is 1. The third-order valence-corrected chi connectivity index (χ3v) is 2.95. The van der Waals surface area contributed by atoms with Crippen molar-refractivity contribution in [3.63, 3.8) is 0 Å². The van der Waals surface area contributed by atoms with Crippen LogP contribution in [0.25, 0.3) is 0 Å². The molecular weight excluding hydrogens is 180 g/mol. The molecule has 0 aliphatic heterocycles. The van der Waals surface area contributed by atoms with Gasteiger partial charge >= 0.3 is 0 Å². The summed E-state index contributed by atoms with van der Waals surface area (Å²) in [4.78, 5) is 0. The molecule has 0 aromatic heterocycles. The molecule has 0 radical (unpaired) electrons. The maximum atomic E-state index is 8.56. The molecule has 1 nitrogen and oxygen atoms in total. The fourth-order valence-electron chi connectivity index (χ4n) is 1.42.